The van der Waals surface area contributed by atoms with Gasteiger partial charge in [-0.3, -0.25) is 4.79 Å². The summed E-state index contributed by atoms with van der Waals surface area (Å²) in [6.45, 7) is 1.62. The molecule has 0 saturated carbocycles. The van der Waals surface area contributed by atoms with Gasteiger partial charge in [0.25, 0.3) is 5.91 Å². The summed E-state index contributed by atoms with van der Waals surface area (Å²) in [5.41, 5.74) is 1.44. The third kappa shape index (κ3) is 3.71. The summed E-state index contributed by atoms with van der Waals surface area (Å²) in [6.07, 6.45) is 0.681. The van der Waals surface area contributed by atoms with E-state index in [0.717, 1.165) is 17.1 Å². The van der Waals surface area contributed by atoms with Crippen molar-refractivity contribution >= 4 is 29.1 Å². The van der Waals surface area contributed by atoms with Crippen LogP contribution in [0.1, 0.15) is 15.9 Å². The Kier molecular flexibility index (Phi) is 4.94. The monoisotopic (exact) mass is 351 g/mol. The van der Waals surface area contributed by atoms with Gasteiger partial charge in [-0.25, -0.2) is 0 Å². The lowest BCUT2D eigenvalue weighted by Crippen LogP contribution is -2.26. The molecule has 0 unspecified atom stereocenters. The zero-order chi connectivity index (χ0) is 16.2. The molecule has 0 atom stereocenters. The summed E-state index contributed by atoms with van der Waals surface area (Å²) >= 11 is 12.0. The molecule has 6 heteroatoms. The van der Waals surface area contributed by atoms with Crippen LogP contribution in [0.5, 0.6) is 11.5 Å². The highest BCUT2D eigenvalue weighted by Gasteiger charge is 2.13. The maximum absolute atomic E-state index is 12.1. The van der Waals surface area contributed by atoms with Crippen molar-refractivity contribution in [3.05, 3.63) is 57.6 Å². The average molecular weight is 352 g/mol. The molecule has 0 fully saturated rings. The number of hydrogen-bond donors (Lipinski definition) is 1. The van der Waals surface area contributed by atoms with E-state index in [1.54, 1.807) is 18.2 Å². The number of fused-ring (bicyclic) bond motifs is 1. The van der Waals surface area contributed by atoms with E-state index in [4.69, 9.17) is 32.7 Å². The number of carbonyl (C=O) groups is 1. The highest BCUT2D eigenvalue weighted by Crippen LogP contribution is 2.30. The van der Waals surface area contributed by atoms with Crippen molar-refractivity contribution in [2.24, 2.45) is 0 Å². The highest BCUT2D eigenvalue weighted by molar-refractivity contribution is 6.43. The molecule has 0 aromatic heterocycles. The van der Waals surface area contributed by atoms with Crippen LogP contribution >= 0.6 is 23.2 Å². The zero-order valence-electron chi connectivity index (χ0n) is 12.3. The van der Waals surface area contributed by atoms with Crippen molar-refractivity contribution in [1.82, 2.24) is 5.32 Å². The number of ether oxygens (including phenoxy) is 2. The molecule has 2 aromatic rings. The predicted octanol–water partition coefficient (Wildman–Crippen LogP) is 3.74. The number of benzene rings is 2. The smallest absolute Gasteiger partial charge is 0.252 e. The third-order valence-corrected chi connectivity index (χ3v) is 4.32. The molecule has 1 aliphatic rings. The second kappa shape index (κ2) is 7.11. The number of carbonyl (C=O) groups excluding carboxylic acids is 1. The average Bonchev–Trinajstić information content (AvgIpc) is 2.57. The first-order valence-corrected chi connectivity index (χ1v) is 8.01. The number of rotatable bonds is 4. The van der Waals surface area contributed by atoms with Crippen LogP contribution in [-0.4, -0.2) is 25.7 Å². The Morgan fingerprint density at radius 3 is 2.70 bits per heavy atom. The Balaban J connectivity index is 1.59. The Morgan fingerprint density at radius 2 is 1.87 bits per heavy atom. The van der Waals surface area contributed by atoms with Gasteiger partial charge in [0.2, 0.25) is 0 Å². The van der Waals surface area contributed by atoms with Crippen molar-refractivity contribution < 1.29 is 14.3 Å². The molecule has 0 saturated heterocycles. The van der Waals surface area contributed by atoms with Gasteiger partial charge in [-0.1, -0.05) is 35.3 Å². The van der Waals surface area contributed by atoms with Crippen molar-refractivity contribution in [2.75, 3.05) is 19.8 Å². The number of amides is 1. The van der Waals surface area contributed by atoms with E-state index in [1.165, 1.54) is 0 Å². The first-order chi connectivity index (χ1) is 11.1. The summed E-state index contributed by atoms with van der Waals surface area (Å²) in [7, 11) is 0. The van der Waals surface area contributed by atoms with Gasteiger partial charge >= 0.3 is 0 Å². The molecule has 3 rings (SSSR count). The molecule has 0 radical (unpaired) electrons. The largest absolute Gasteiger partial charge is 0.486 e. The molecule has 4 nitrogen and oxygen atoms in total. The lowest BCUT2D eigenvalue weighted by Gasteiger charge is -2.18. The zero-order valence-corrected chi connectivity index (χ0v) is 13.8. The van der Waals surface area contributed by atoms with Crippen LogP contribution in [-0.2, 0) is 6.42 Å². The number of hydrogen-bond acceptors (Lipinski definition) is 3. The minimum Gasteiger partial charge on any atom is -0.486 e. The van der Waals surface area contributed by atoms with E-state index in [1.807, 2.05) is 18.2 Å². The first-order valence-electron chi connectivity index (χ1n) is 7.26. The Bertz CT molecular complexity index is 734. The van der Waals surface area contributed by atoms with Gasteiger partial charge < -0.3 is 14.8 Å². The van der Waals surface area contributed by atoms with E-state index in [-0.39, 0.29) is 10.9 Å². The topological polar surface area (TPSA) is 47.6 Å². The Morgan fingerprint density at radius 1 is 1.09 bits per heavy atom. The fourth-order valence-corrected chi connectivity index (χ4v) is 2.72. The third-order valence-electron chi connectivity index (χ3n) is 3.50. The Labute approximate surface area is 144 Å². The lowest BCUT2D eigenvalue weighted by atomic mass is 10.1. The molecule has 2 aromatic carbocycles. The second-order valence-electron chi connectivity index (χ2n) is 5.09. The molecule has 1 amide bonds. The van der Waals surface area contributed by atoms with Crippen LogP contribution < -0.4 is 14.8 Å². The summed E-state index contributed by atoms with van der Waals surface area (Å²) in [5, 5.41) is 3.48. The van der Waals surface area contributed by atoms with Crippen LogP contribution in [0, 0.1) is 0 Å². The maximum Gasteiger partial charge on any atom is 0.252 e. The van der Waals surface area contributed by atoms with Crippen molar-refractivity contribution in [2.45, 2.75) is 6.42 Å². The fourth-order valence-electron chi connectivity index (χ4n) is 2.34. The molecular weight excluding hydrogens is 337 g/mol. The Hall–Kier alpha value is -1.91. The summed E-state index contributed by atoms with van der Waals surface area (Å²) < 4.78 is 11.0. The molecule has 1 N–H and O–H groups in total. The van der Waals surface area contributed by atoms with Crippen LogP contribution in [0.15, 0.2) is 36.4 Å². The fraction of sp³-hybridized carbons (Fsp3) is 0.235. The molecule has 1 aliphatic heterocycles. The number of halogens is 2. The van der Waals surface area contributed by atoms with Gasteiger partial charge in [-0.15, -0.1) is 0 Å². The van der Waals surface area contributed by atoms with E-state index in [2.05, 4.69) is 5.32 Å². The van der Waals surface area contributed by atoms with E-state index >= 15 is 0 Å². The van der Waals surface area contributed by atoms with Crippen molar-refractivity contribution in [1.29, 1.82) is 0 Å². The molecule has 0 spiro atoms. The molecular formula is C17H15Cl2NO3. The van der Waals surface area contributed by atoms with Crippen LogP contribution in [0.4, 0.5) is 0 Å². The van der Waals surface area contributed by atoms with E-state index in [0.29, 0.717) is 36.8 Å². The minimum absolute atomic E-state index is 0.241. The van der Waals surface area contributed by atoms with Gasteiger partial charge in [0, 0.05) is 6.54 Å². The SMILES string of the molecule is O=C(NCCc1ccc2c(c1)OCCO2)c1cccc(Cl)c1Cl. The van der Waals surface area contributed by atoms with Crippen LogP contribution in [0.3, 0.4) is 0 Å². The number of nitrogens with one attached hydrogen (secondary N) is 1. The van der Waals surface area contributed by atoms with E-state index in [9.17, 15) is 4.79 Å². The van der Waals surface area contributed by atoms with E-state index < -0.39 is 0 Å². The molecule has 23 heavy (non-hydrogen) atoms. The minimum atomic E-state index is -0.241. The standard InChI is InChI=1S/C17H15Cl2NO3/c18-13-3-1-2-12(16(13)19)17(21)20-7-6-11-4-5-14-15(10-11)23-9-8-22-14/h1-5,10H,6-9H2,(H,20,21). The normalized spacial score (nSPS) is 12.8. The van der Waals surface area contributed by atoms with Gasteiger partial charge in [0.05, 0.1) is 15.6 Å². The van der Waals surface area contributed by atoms with Crippen molar-refractivity contribution in [3.63, 3.8) is 0 Å². The van der Waals surface area contributed by atoms with Crippen LogP contribution in [0.25, 0.3) is 0 Å². The molecule has 0 aliphatic carbocycles. The predicted molar refractivity (Wildman–Crippen MR) is 89.9 cm³/mol. The molecule has 120 valence electrons. The summed E-state index contributed by atoms with van der Waals surface area (Å²) in [4.78, 5) is 12.1. The van der Waals surface area contributed by atoms with Gasteiger partial charge in [-0.05, 0) is 36.2 Å². The van der Waals surface area contributed by atoms with Gasteiger partial charge in [0.1, 0.15) is 13.2 Å². The first kappa shape index (κ1) is 16.0. The van der Waals surface area contributed by atoms with Crippen molar-refractivity contribution in [3.8, 4) is 11.5 Å². The quantitative estimate of drug-likeness (QED) is 0.912. The summed E-state index contributed by atoms with van der Waals surface area (Å²) in [6, 6.07) is 10.8. The highest BCUT2D eigenvalue weighted by atomic mass is 35.5. The van der Waals surface area contributed by atoms with Gasteiger partial charge in [-0.2, -0.15) is 0 Å². The van der Waals surface area contributed by atoms with Crippen LogP contribution in [0.2, 0.25) is 10.0 Å². The maximum atomic E-state index is 12.1. The second-order valence-corrected chi connectivity index (χ2v) is 5.87. The molecule has 0 bridgehead atoms. The lowest BCUT2D eigenvalue weighted by molar-refractivity contribution is 0.0954. The van der Waals surface area contributed by atoms with Gasteiger partial charge in [0.15, 0.2) is 11.5 Å². The molecule has 1 heterocycles. The summed E-state index contributed by atoms with van der Waals surface area (Å²) in [5.74, 6) is 1.27.